The van der Waals surface area contributed by atoms with E-state index in [9.17, 15) is 31.5 Å². The molecule has 34 heavy (non-hydrogen) atoms. The number of rotatable bonds is 9. The van der Waals surface area contributed by atoms with Gasteiger partial charge in [0, 0.05) is 37.4 Å². The van der Waals surface area contributed by atoms with Gasteiger partial charge >= 0.3 is 6.18 Å². The van der Waals surface area contributed by atoms with Gasteiger partial charge in [-0.25, -0.2) is 8.42 Å². The van der Waals surface area contributed by atoms with Gasteiger partial charge in [-0.05, 0) is 26.2 Å². The van der Waals surface area contributed by atoms with Crippen LogP contribution in [0.15, 0.2) is 16.8 Å². The van der Waals surface area contributed by atoms with Gasteiger partial charge in [0.25, 0.3) is 0 Å². The van der Waals surface area contributed by atoms with Crippen LogP contribution in [0, 0.1) is 6.92 Å². The van der Waals surface area contributed by atoms with Gasteiger partial charge in [0.05, 0.1) is 16.8 Å². The second-order valence-corrected chi connectivity index (χ2v) is 11.3. The Balaban J connectivity index is 1.97. The van der Waals surface area contributed by atoms with Crippen LogP contribution in [0.4, 0.5) is 13.2 Å². The van der Waals surface area contributed by atoms with Crippen molar-refractivity contribution < 1.29 is 40.8 Å². The zero-order valence-corrected chi connectivity index (χ0v) is 20.0. The van der Waals surface area contributed by atoms with Gasteiger partial charge in [-0.15, -0.1) is 0 Å². The summed E-state index contributed by atoms with van der Waals surface area (Å²) >= 11 is 0. The Kier molecular flexibility index (Phi) is 6.83. The van der Waals surface area contributed by atoms with Crippen LogP contribution in [0.1, 0.15) is 67.3 Å². The highest BCUT2D eigenvalue weighted by Crippen LogP contribution is 2.45. The Labute approximate surface area is 194 Å². The zero-order valence-electron chi connectivity index (χ0n) is 19.1. The highest BCUT2D eigenvalue weighted by Gasteiger charge is 2.43. The van der Waals surface area contributed by atoms with Crippen LogP contribution in [0.2, 0.25) is 0 Å². The van der Waals surface area contributed by atoms with Crippen LogP contribution >= 0.6 is 0 Å². The van der Waals surface area contributed by atoms with Crippen molar-refractivity contribution in [2.75, 3.05) is 12.0 Å². The molecule has 188 valence electrons. The molecule has 1 unspecified atom stereocenters. The minimum Gasteiger partial charge on any atom is -0.481 e. The minimum absolute atomic E-state index is 0.00587. The topological polar surface area (TPSA) is 132 Å². The molecule has 2 aromatic rings. The summed E-state index contributed by atoms with van der Waals surface area (Å²) in [6.45, 7) is 3.80. The first-order chi connectivity index (χ1) is 15.5. The van der Waals surface area contributed by atoms with E-state index in [1.165, 1.54) is 13.8 Å². The molecule has 0 bridgehead atoms. The monoisotopic (exact) mass is 505 g/mol. The number of hydrogen-bond acceptors (Lipinski definition) is 9. The summed E-state index contributed by atoms with van der Waals surface area (Å²) in [4.78, 5) is 21.2. The van der Waals surface area contributed by atoms with Gasteiger partial charge < -0.3 is 14.4 Å². The second-order valence-electron chi connectivity index (χ2n) is 9.12. The number of halogens is 3. The van der Waals surface area contributed by atoms with Crippen LogP contribution in [-0.4, -0.2) is 58.7 Å². The molecule has 1 N–H and O–H groups in total. The molecular formula is C21H26F3N3O6S. The number of sulfone groups is 1. The Bertz CT molecular complexity index is 1180. The number of carbonyl (C=O) groups excluding carboxylic acids is 1. The van der Waals surface area contributed by atoms with E-state index in [1.807, 2.05) is 0 Å². The van der Waals surface area contributed by atoms with Crippen molar-refractivity contribution in [1.29, 1.82) is 0 Å². The highest BCUT2D eigenvalue weighted by molar-refractivity contribution is 7.90. The number of nitrogens with zero attached hydrogens (tertiary/aromatic N) is 3. The van der Waals surface area contributed by atoms with E-state index < -0.39 is 51.1 Å². The lowest BCUT2D eigenvalue weighted by atomic mass is 9.75. The number of aryl methyl sites for hydroxylation is 1. The lowest BCUT2D eigenvalue weighted by Gasteiger charge is -2.38. The predicted molar refractivity (Wildman–Crippen MR) is 113 cm³/mol. The van der Waals surface area contributed by atoms with E-state index in [0.717, 1.165) is 25.4 Å². The molecule has 2 aromatic heterocycles. The van der Waals surface area contributed by atoms with Crippen molar-refractivity contribution in [3.05, 3.63) is 35.2 Å². The number of hydrogen-bond donors (Lipinski definition) is 1. The van der Waals surface area contributed by atoms with Crippen LogP contribution in [-0.2, 0) is 20.9 Å². The first-order valence-corrected chi connectivity index (χ1v) is 12.6. The third-order valence-corrected chi connectivity index (χ3v) is 6.96. The maximum Gasteiger partial charge on any atom is 0.425 e. The molecule has 0 radical (unpaired) electrons. The van der Waals surface area contributed by atoms with E-state index in [1.54, 1.807) is 0 Å². The molecule has 13 heteroatoms. The number of ether oxygens (including phenoxy) is 1. The molecule has 0 saturated heterocycles. The molecule has 1 aliphatic rings. The Hall–Kier alpha value is -2.54. The predicted octanol–water partition coefficient (Wildman–Crippen LogP) is 3.05. The zero-order chi connectivity index (χ0) is 25.5. The molecule has 0 aliphatic heterocycles. The van der Waals surface area contributed by atoms with Gasteiger partial charge in [-0.3, -0.25) is 9.78 Å². The summed E-state index contributed by atoms with van der Waals surface area (Å²) < 4.78 is 73.5. The quantitative estimate of drug-likeness (QED) is 0.511. The summed E-state index contributed by atoms with van der Waals surface area (Å²) in [5.74, 6) is -1.26. The normalized spacial score (nSPS) is 18.6. The Morgan fingerprint density at radius 1 is 1.35 bits per heavy atom. The highest BCUT2D eigenvalue weighted by atomic mass is 32.2. The van der Waals surface area contributed by atoms with Crippen molar-refractivity contribution in [3.8, 4) is 5.75 Å². The molecule has 2 heterocycles. The second kappa shape index (κ2) is 8.91. The van der Waals surface area contributed by atoms with Gasteiger partial charge in [0.2, 0.25) is 5.89 Å². The van der Waals surface area contributed by atoms with E-state index in [2.05, 4.69) is 15.1 Å². The van der Waals surface area contributed by atoms with Crippen molar-refractivity contribution in [2.45, 2.75) is 69.8 Å². The SMILES string of the molecule is Cc1nc(C(C)(CC(=O)c2cc(O[C@@H](C)C(F)(F)F)c(C3(O)CCC3)cn2)CS(C)(=O)=O)no1. The molecule has 0 amide bonds. The van der Waals surface area contributed by atoms with Crippen LogP contribution in [0.3, 0.4) is 0 Å². The number of ketones is 1. The summed E-state index contributed by atoms with van der Waals surface area (Å²) in [6, 6.07) is 1.05. The third kappa shape index (κ3) is 5.74. The smallest absolute Gasteiger partial charge is 0.425 e. The van der Waals surface area contributed by atoms with Crippen molar-refractivity contribution in [3.63, 3.8) is 0 Å². The van der Waals surface area contributed by atoms with Crippen LogP contribution < -0.4 is 4.74 Å². The number of aromatic nitrogens is 3. The maximum atomic E-state index is 13.1. The van der Waals surface area contributed by atoms with Gasteiger partial charge in [-0.1, -0.05) is 12.1 Å². The standard InChI is InChI=1S/C21H26F3N3O6S/c1-12(21(22,23)24)32-17-8-15(25-10-14(17)20(29)6-5-7-20)16(28)9-19(3,11-34(4,30)31)18-26-13(2)33-27-18/h8,10,12,29H,5-7,9,11H2,1-4H3/t12-,19?/m0/s1. The largest absolute Gasteiger partial charge is 0.481 e. The first kappa shape index (κ1) is 26.1. The van der Waals surface area contributed by atoms with Gasteiger partial charge in [-0.2, -0.15) is 18.2 Å². The Morgan fingerprint density at radius 2 is 2.00 bits per heavy atom. The minimum atomic E-state index is -4.67. The number of carbonyl (C=O) groups is 1. The molecule has 2 atom stereocenters. The lowest BCUT2D eigenvalue weighted by molar-refractivity contribution is -0.190. The van der Waals surface area contributed by atoms with Crippen molar-refractivity contribution >= 4 is 15.6 Å². The van der Waals surface area contributed by atoms with E-state index in [4.69, 9.17) is 9.26 Å². The lowest BCUT2D eigenvalue weighted by Crippen LogP contribution is -2.37. The fourth-order valence-electron chi connectivity index (χ4n) is 3.84. The Morgan fingerprint density at radius 3 is 2.47 bits per heavy atom. The summed E-state index contributed by atoms with van der Waals surface area (Å²) in [7, 11) is -3.59. The maximum absolute atomic E-state index is 13.1. The molecule has 9 nitrogen and oxygen atoms in total. The molecule has 0 spiro atoms. The molecule has 3 rings (SSSR count). The summed E-state index contributed by atoms with van der Waals surface area (Å²) in [5, 5.41) is 14.5. The first-order valence-electron chi connectivity index (χ1n) is 10.5. The van der Waals surface area contributed by atoms with Crippen molar-refractivity contribution in [1.82, 2.24) is 15.1 Å². The van der Waals surface area contributed by atoms with E-state index >= 15 is 0 Å². The number of alkyl halides is 3. The summed E-state index contributed by atoms with van der Waals surface area (Å²) in [6.07, 6.45) is -3.82. The fraction of sp³-hybridized carbons (Fsp3) is 0.619. The molecule has 1 fully saturated rings. The number of pyridine rings is 1. The summed E-state index contributed by atoms with van der Waals surface area (Å²) in [5.41, 5.74) is -2.94. The molecule has 1 aliphatic carbocycles. The van der Waals surface area contributed by atoms with E-state index in [-0.39, 0.29) is 28.7 Å². The van der Waals surface area contributed by atoms with Crippen LogP contribution in [0.5, 0.6) is 5.75 Å². The number of Topliss-reactive ketones (excluding diaryl/α,β-unsaturated/α-hetero) is 1. The average Bonchev–Trinajstić information content (AvgIpc) is 3.11. The molecular weight excluding hydrogens is 479 g/mol. The molecule has 0 aromatic carbocycles. The van der Waals surface area contributed by atoms with Crippen LogP contribution in [0.25, 0.3) is 0 Å². The van der Waals surface area contributed by atoms with E-state index in [0.29, 0.717) is 19.3 Å². The average molecular weight is 506 g/mol. The fourth-order valence-corrected chi connectivity index (χ4v) is 5.23. The number of aliphatic hydroxyl groups is 1. The third-order valence-electron chi connectivity index (χ3n) is 5.80. The van der Waals surface area contributed by atoms with Gasteiger partial charge in [0.1, 0.15) is 21.3 Å². The van der Waals surface area contributed by atoms with Crippen molar-refractivity contribution in [2.24, 2.45) is 0 Å². The van der Waals surface area contributed by atoms with Gasteiger partial charge in [0.15, 0.2) is 17.7 Å². The molecule has 1 saturated carbocycles.